The van der Waals surface area contributed by atoms with Gasteiger partial charge in [0.05, 0.1) is 25.4 Å². The molecule has 1 aromatic rings. The molecule has 0 saturated heterocycles. The van der Waals surface area contributed by atoms with Crippen molar-refractivity contribution >= 4 is 0 Å². The smallest absolute Gasteiger partial charge is 0.153 e. The van der Waals surface area contributed by atoms with Crippen LogP contribution in [-0.4, -0.2) is 52.8 Å². The molecule has 130 valence electrons. The van der Waals surface area contributed by atoms with Gasteiger partial charge in [-0.1, -0.05) is 30.3 Å². The number of methoxy groups -OCH3 is 2. The zero-order chi connectivity index (χ0) is 16.5. The summed E-state index contributed by atoms with van der Waals surface area (Å²) in [6.07, 6.45) is -1.75. The van der Waals surface area contributed by atoms with Crippen LogP contribution in [0.5, 0.6) is 0 Å². The maximum absolute atomic E-state index is 14.6. The fraction of sp³-hybridized carbons (Fsp3) is 0.647. The highest BCUT2D eigenvalue weighted by molar-refractivity contribution is 5.13. The van der Waals surface area contributed by atoms with Crippen LogP contribution in [0, 0.1) is 5.92 Å². The van der Waals surface area contributed by atoms with Crippen LogP contribution in [-0.2, 0) is 30.3 Å². The van der Waals surface area contributed by atoms with E-state index in [0.29, 0.717) is 19.6 Å². The van der Waals surface area contributed by atoms with Gasteiger partial charge in [-0.25, -0.2) is 4.39 Å². The molecule has 6 heteroatoms. The van der Waals surface area contributed by atoms with Crippen molar-refractivity contribution in [2.75, 3.05) is 34.4 Å². The lowest BCUT2D eigenvalue weighted by Gasteiger charge is -2.21. The van der Waals surface area contributed by atoms with Crippen LogP contribution < -0.4 is 0 Å². The summed E-state index contributed by atoms with van der Waals surface area (Å²) in [5.74, 6) is -0.0870. The maximum atomic E-state index is 14.6. The molecule has 5 nitrogen and oxygen atoms in total. The Morgan fingerprint density at radius 1 is 1.04 bits per heavy atom. The van der Waals surface area contributed by atoms with Crippen LogP contribution in [0.3, 0.4) is 0 Å². The van der Waals surface area contributed by atoms with E-state index in [9.17, 15) is 4.39 Å². The molecule has 1 aliphatic rings. The Kier molecular flexibility index (Phi) is 7.91. The van der Waals surface area contributed by atoms with Gasteiger partial charge in [0.1, 0.15) is 13.6 Å². The van der Waals surface area contributed by atoms with Crippen LogP contribution in [0.15, 0.2) is 30.3 Å². The van der Waals surface area contributed by atoms with Crippen LogP contribution in [0.1, 0.15) is 12.0 Å². The Balaban J connectivity index is 1.89. The fourth-order valence-corrected chi connectivity index (χ4v) is 2.79. The molecule has 0 amide bonds. The summed E-state index contributed by atoms with van der Waals surface area (Å²) in [7, 11) is 3.07. The van der Waals surface area contributed by atoms with Gasteiger partial charge in [0.2, 0.25) is 0 Å². The van der Waals surface area contributed by atoms with Crippen molar-refractivity contribution in [3.8, 4) is 0 Å². The molecule has 0 spiro atoms. The number of rotatable bonds is 10. The second-order valence-electron chi connectivity index (χ2n) is 5.59. The lowest BCUT2D eigenvalue weighted by atomic mass is 10.1. The quantitative estimate of drug-likeness (QED) is 0.488. The van der Waals surface area contributed by atoms with Gasteiger partial charge >= 0.3 is 0 Å². The number of ether oxygens (including phenoxy) is 5. The van der Waals surface area contributed by atoms with E-state index in [0.717, 1.165) is 5.56 Å². The number of alkyl halides is 1. The minimum atomic E-state index is -1.20. The first-order valence-corrected chi connectivity index (χ1v) is 7.73. The second kappa shape index (κ2) is 9.95. The number of hydrogen-bond acceptors (Lipinski definition) is 5. The van der Waals surface area contributed by atoms with Gasteiger partial charge in [0.15, 0.2) is 6.17 Å². The average molecular weight is 328 g/mol. The van der Waals surface area contributed by atoms with Gasteiger partial charge in [-0.3, -0.25) is 0 Å². The number of benzene rings is 1. The zero-order valence-electron chi connectivity index (χ0n) is 13.7. The van der Waals surface area contributed by atoms with Crippen molar-refractivity contribution in [1.29, 1.82) is 0 Å². The van der Waals surface area contributed by atoms with E-state index in [-0.39, 0.29) is 19.5 Å². The first-order chi connectivity index (χ1) is 11.3. The van der Waals surface area contributed by atoms with E-state index in [1.165, 1.54) is 7.11 Å². The van der Waals surface area contributed by atoms with Crippen molar-refractivity contribution in [2.45, 2.75) is 31.4 Å². The molecule has 1 fully saturated rings. The molecule has 0 heterocycles. The van der Waals surface area contributed by atoms with E-state index in [4.69, 9.17) is 23.7 Å². The lowest BCUT2D eigenvalue weighted by molar-refractivity contribution is -0.126. The van der Waals surface area contributed by atoms with E-state index in [2.05, 4.69) is 0 Å². The molecule has 0 aliphatic heterocycles. The molecule has 1 saturated carbocycles. The SMILES string of the molecule is COCOC[C@H]1C[C@H](OCc2ccccc2)[C@@H](F)[C@@H]1OCOC. The Morgan fingerprint density at radius 3 is 2.48 bits per heavy atom. The zero-order valence-corrected chi connectivity index (χ0v) is 13.7. The number of halogens is 1. The van der Waals surface area contributed by atoms with E-state index >= 15 is 0 Å². The summed E-state index contributed by atoms with van der Waals surface area (Å²) in [5.41, 5.74) is 1.02. The molecule has 0 radical (unpaired) electrons. The Hall–Kier alpha value is -1.05. The predicted molar refractivity (Wildman–Crippen MR) is 82.6 cm³/mol. The van der Waals surface area contributed by atoms with E-state index in [1.807, 2.05) is 30.3 Å². The van der Waals surface area contributed by atoms with Crippen LogP contribution in [0.2, 0.25) is 0 Å². The van der Waals surface area contributed by atoms with Crippen molar-refractivity contribution in [3.63, 3.8) is 0 Å². The van der Waals surface area contributed by atoms with Gasteiger partial charge in [-0.05, 0) is 12.0 Å². The topological polar surface area (TPSA) is 46.2 Å². The molecule has 0 aromatic heterocycles. The molecule has 1 aromatic carbocycles. The largest absolute Gasteiger partial charge is 0.370 e. The van der Waals surface area contributed by atoms with Crippen molar-refractivity contribution in [3.05, 3.63) is 35.9 Å². The summed E-state index contributed by atoms with van der Waals surface area (Å²) in [6.45, 7) is 0.986. The maximum Gasteiger partial charge on any atom is 0.153 e. The highest BCUT2D eigenvalue weighted by atomic mass is 19.1. The summed E-state index contributed by atoms with van der Waals surface area (Å²) < 4.78 is 41.0. The molecule has 0 N–H and O–H groups in total. The molecule has 1 aliphatic carbocycles. The molecule has 0 bridgehead atoms. The lowest BCUT2D eigenvalue weighted by Crippen LogP contribution is -2.33. The monoisotopic (exact) mass is 328 g/mol. The van der Waals surface area contributed by atoms with Gasteiger partial charge in [0, 0.05) is 20.1 Å². The second-order valence-corrected chi connectivity index (χ2v) is 5.59. The first kappa shape index (κ1) is 18.3. The minimum absolute atomic E-state index is 0.0528. The normalized spacial score (nSPS) is 27.4. The van der Waals surface area contributed by atoms with Crippen LogP contribution >= 0.6 is 0 Å². The third kappa shape index (κ3) is 5.51. The third-order valence-electron chi connectivity index (χ3n) is 3.89. The van der Waals surface area contributed by atoms with Crippen molar-refractivity contribution in [1.82, 2.24) is 0 Å². The molecule has 0 unspecified atom stereocenters. The fourth-order valence-electron chi connectivity index (χ4n) is 2.79. The Bertz CT molecular complexity index is 430. The van der Waals surface area contributed by atoms with Crippen LogP contribution in [0.4, 0.5) is 4.39 Å². The summed E-state index contributed by atoms with van der Waals surface area (Å²) in [6, 6.07) is 9.73. The number of hydrogen-bond donors (Lipinski definition) is 0. The third-order valence-corrected chi connectivity index (χ3v) is 3.89. The van der Waals surface area contributed by atoms with Crippen molar-refractivity contribution < 1.29 is 28.1 Å². The van der Waals surface area contributed by atoms with Gasteiger partial charge in [0.25, 0.3) is 0 Å². The van der Waals surface area contributed by atoms with Crippen molar-refractivity contribution in [2.24, 2.45) is 5.92 Å². The molecule has 23 heavy (non-hydrogen) atoms. The van der Waals surface area contributed by atoms with E-state index in [1.54, 1.807) is 7.11 Å². The molecule has 2 rings (SSSR count). The summed E-state index contributed by atoms with van der Waals surface area (Å²) >= 11 is 0. The standard InChI is InChI=1S/C17H25FO5/c1-19-11-21-10-14-8-15(16(18)17(14)23-12-20-2)22-9-13-6-4-3-5-7-13/h3-7,14-17H,8-12H2,1-2H3/t14-,15+,16-,17-/m1/s1. The van der Waals surface area contributed by atoms with Gasteiger partial charge in [-0.2, -0.15) is 0 Å². The summed E-state index contributed by atoms with van der Waals surface area (Å²) in [4.78, 5) is 0. The Labute approximate surface area is 136 Å². The summed E-state index contributed by atoms with van der Waals surface area (Å²) in [5, 5.41) is 0. The molecular weight excluding hydrogens is 303 g/mol. The molecule has 4 atom stereocenters. The highest BCUT2D eigenvalue weighted by Crippen LogP contribution is 2.34. The van der Waals surface area contributed by atoms with Crippen LogP contribution in [0.25, 0.3) is 0 Å². The molecular formula is C17H25FO5. The average Bonchev–Trinajstić information content (AvgIpc) is 2.88. The first-order valence-electron chi connectivity index (χ1n) is 7.73. The Morgan fingerprint density at radius 2 is 1.78 bits per heavy atom. The minimum Gasteiger partial charge on any atom is -0.370 e. The van der Waals surface area contributed by atoms with Gasteiger partial charge in [-0.15, -0.1) is 0 Å². The van der Waals surface area contributed by atoms with E-state index < -0.39 is 18.4 Å². The highest BCUT2D eigenvalue weighted by Gasteiger charge is 2.45. The predicted octanol–water partition coefficient (Wildman–Crippen LogP) is 2.54. The van der Waals surface area contributed by atoms with Gasteiger partial charge < -0.3 is 23.7 Å².